The van der Waals surface area contributed by atoms with Gasteiger partial charge >= 0.3 is 0 Å². The quantitative estimate of drug-likeness (QED) is 0.280. The van der Waals surface area contributed by atoms with Crippen molar-refractivity contribution in [3.8, 4) is 5.75 Å². The smallest absolute Gasteiger partial charge is 0.297 e. The monoisotopic (exact) mass is 500 g/mol. The number of benzene rings is 3. The molecular weight excluding hydrogens is 479 g/mol. The highest BCUT2D eigenvalue weighted by Crippen LogP contribution is 2.44. The van der Waals surface area contributed by atoms with Gasteiger partial charge < -0.3 is 9.15 Å². The zero-order valence-electron chi connectivity index (χ0n) is 19.6. The van der Waals surface area contributed by atoms with E-state index in [9.17, 15) is 14.0 Å². The summed E-state index contributed by atoms with van der Waals surface area (Å²) in [4.78, 5) is 33.7. The summed E-state index contributed by atoms with van der Waals surface area (Å²) in [5.74, 6) is -0.215. The normalized spacial score (nSPS) is 15.1. The Bertz CT molecular complexity index is 1720. The maximum atomic E-state index is 13.9. The fourth-order valence-electron chi connectivity index (χ4n) is 4.58. The van der Waals surface area contributed by atoms with Gasteiger partial charge in [0.05, 0.1) is 33.8 Å². The van der Waals surface area contributed by atoms with Gasteiger partial charge in [-0.2, -0.15) is 0 Å². The van der Waals surface area contributed by atoms with Crippen LogP contribution in [0.4, 0.5) is 9.52 Å². The van der Waals surface area contributed by atoms with Gasteiger partial charge in [0.25, 0.3) is 5.91 Å². The van der Waals surface area contributed by atoms with Gasteiger partial charge in [0.15, 0.2) is 10.6 Å². The van der Waals surface area contributed by atoms with Crippen LogP contribution in [0.2, 0.25) is 0 Å². The van der Waals surface area contributed by atoms with Crippen LogP contribution in [-0.4, -0.2) is 17.5 Å². The van der Waals surface area contributed by atoms with E-state index in [1.54, 1.807) is 18.2 Å². The summed E-state index contributed by atoms with van der Waals surface area (Å²) in [7, 11) is 0. The Morgan fingerprint density at radius 3 is 2.81 bits per heavy atom. The molecule has 1 atom stereocenters. The number of fused-ring (bicyclic) bond motifs is 3. The summed E-state index contributed by atoms with van der Waals surface area (Å²) in [6.07, 6.45) is 0.846. The van der Waals surface area contributed by atoms with E-state index < -0.39 is 11.9 Å². The Hall–Kier alpha value is -4.04. The molecule has 1 aliphatic heterocycles. The first-order valence-electron chi connectivity index (χ1n) is 11.6. The zero-order chi connectivity index (χ0) is 25.0. The third-order valence-corrected chi connectivity index (χ3v) is 7.24. The molecule has 0 bridgehead atoms. The van der Waals surface area contributed by atoms with Crippen molar-refractivity contribution in [1.82, 2.24) is 4.98 Å². The molecule has 0 radical (unpaired) electrons. The van der Waals surface area contributed by atoms with Gasteiger partial charge in [0.1, 0.15) is 17.1 Å². The fraction of sp³-hybridized carbons (Fsp3) is 0.179. The molecule has 1 unspecified atom stereocenters. The van der Waals surface area contributed by atoms with Crippen molar-refractivity contribution in [2.75, 3.05) is 11.5 Å². The van der Waals surface area contributed by atoms with E-state index in [4.69, 9.17) is 9.15 Å². The lowest BCUT2D eigenvalue weighted by molar-refractivity contribution is 0.0971. The molecule has 6 nitrogen and oxygen atoms in total. The number of ether oxygens (including phenoxy) is 1. The highest BCUT2D eigenvalue weighted by atomic mass is 32.1. The van der Waals surface area contributed by atoms with E-state index in [0.29, 0.717) is 44.2 Å². The van der Waals surface area contributed by atoms with Crippen LogP contribution in [0.15, 0.2) is 69.9 Å². The lowest BCUT2D eigenvalue weighted by atomic mass is 9.98. The molecular formula is C28H21FN2O4S. The number of carbonyl (C=O) groups is 1. The van der Waals surface area contributed by atoms with Gasteiger partial charge in [-0.25, -0.2) is 9.37 Å². The molecule has 0 spiro atoms. The third-order valence-electron chi connectivity index (χ3n) is 6.22. The van der Waals surface area contributed by atoms with E-state index >= 15 is 0 Å². The van der Waals surface area contributed by atoms with Crippen LogP contribution in [0.1, 0.15) is 46.6 Å². The first-order valence-corrected chi connectivity index (χ1v) is 12.5. The second kappa shape index (κ2) is 8.57. The molecule has 1 amide bonds. The lowest BCUT2D eigenvalue weighted by Gasteiger charge is -2.23. The van der Waals surface area contributed by atoms with Crippen LogP contribution in [0, 0.1) is 12.7 Å². The number of nitrogens with zero attached hydrogens (tertiary/aromatic N) is 2. The largest absolute Gasteiger partial charge is 0.494 e. The van der Waals surface area contributed by atoms with E-state index in [0.717, 1.165) is 12.0 Å². The van der Waals surface area contributed by atoms with Crippen LogP contribution in [0.3, 0.4) is 0 Å². The number of rotatable bonds is 5. The Balaban J connectivity index is 1.60. The van der Waals surface area contributed by atoms with E-state index in [1.807, 2.05) is 44.2 Å². The van der Waals surface area contributed by atoms with Crippen LogP contribution in [-0.2, 0) is 0 Å². The summed E-state index contributed by atoms with van der Waals surface area (Å²) in [5.41, 5.74) is 2.53. The molecule has 0 saturated carbocycles. The van der Waals surface area contributed by atoms with Gasteiger partial charge in [0, 0.05) is 0 Å². The van der Waals surface area contributed by atoms with Crippen molar-refractivity contribution in [3.63, 3.8) is 0 Å². The second-order valence-corrected chi connectivity index (χ2v) is 9.79. The number of amides is 1. The summed E-state index contributed by atoms with van der Waals surface area (Å²) < 4.78 is 26.3. The van der Waals surface area contributed by atoms with Crippen molar-refractivity contribution in [3.05, 3.63) is 99.2 Å². The zero-order valence-corrected chi connectivity index (χ0v) is 20.4. The SMILES string of the molecule is CCCOc1cccc(C2c3c(oc4ccc(C)cc4c3=O)C(=O)N2c2nc3ccc(F)cc3s2)c1. The highest BCUT2D eigenvalue weighted by molar-refractivity contribution is 7.22. The second-order valence-electron chi connectivity index (χ2n) is 8.78. The number of hydrogen-bond donors (Lipinski definition) is 0. The Morgan fingerprint density at radius 2 is 1.97 bits per heavy atom. The Labute approximate surface area is 209 Å². The predicted molar refractivity (Wildman–Crippen MR) is 138 cm³/mol. The minimum Gasteiger partial charge on any atom is -0.494 e. The Morgan fingerprint density at radius 1 is 1.11 bits per heavy atom. The van der Waals surface area contributed by atoms with Gasteiger partial charge in [-0.3, -0.25) is 14.5 Å². The van der Waals surface area contributed by atoms with E-state index in [-0.39, 0.29) is 22.6 Å². The topological polar surface area (TPSA) is 72.6 Å². The molecule has 0 N–H and O–H groups in total. The molecule has 36 heavy (non-hydrogen) atoms. The molecule has 5 aromatic rings. The summed E-state index contributed by atoms with van der Waals surface area (Å²) in [5, 5.41) is 0.773. The maximum Gasteiger partial charge on any atom is 0.297 e. The molecule has 0 aliphatic carbocycles. The average molecular weight is 501 g/mol. The third kappa shape index (κ3) is 3.56. The van der Waals surface area contributed by atoms with E-state index in [1.165, 1.54) is 28.4 Å². The maximum absolute atomic E-state index is 13.9. The first-order chi connectivity index (χ1) is 17.4. The molecule has 6 rings (SSSR count). The Kier molecular flexibility index (Phi) is 5.34. The number of aryl methyl sites for hydroxylation is 1. The van der Waals surface area contributed by atoms with Crippen LogP contribution in [0.5, 0.6) is 5.75 Å². The molecule has 3 heterocycles. The van der Waals surface area contributed by atoms with Gasteiger partial charge in [-0.05, 0) is 61.4 Å². The number of carbonyl (C=O) groups excluding carboxylic acids is 1. The van der Waals surface area contributed by atoms with Crippen molar-refractivity contribution in [1.29, 1.82) is 0 Å². The van der Waals surface area contributed by atoms with Crippen molar-refractivity contribution < 1.29 is 18.3 Å². The minimum atomic E-state index is -0.774. The van der Waals surface area contributed by atoms with Gasteiger partial charge in [-0.1, -0.05) is 42.0 Å². The van der Waals surface area contributed by atoms with Crippen LogP contribution >= 0.6 is 11.3 Å². The minimum absolute atomic E-state index is 0.00771. The molecule has 0 saturated heterocycles. The predicted octanol–water partition coefficient (Wildman–Crippen LogP) is 6.39. The lowest BCUT2D eigenvalue weighted by Crippen LogP contribution is -2.29. The fourth-order valence-corrected chi connectivity index (χ4v) is 5.60. The molecule has 0 fully saturated rings. The van der Waals surface area contributed by atoms with Crippen molar-refractivity contribution >= 4 is 43.6 Å². The number of thiazole rings is 1. The number of aromatic nitrogens is 1. The number of anilines is 1. The molecule has 1 aliphatic rings. The summed E-state index contributed by atoms with van der Waals surface area (Å²) in [6, 6.07) is 16.2. The van der Waals surface area contributed by atoms with Gasteiger partial charge in [0.2, 0.25) is 5.76 Å². The molecule has 8 heteroatoms. The van der Waals surface area contributed by atoms with Crippen LogP contribution in [0.25, 0.3) is 21.2 Å². The van der Waals surface area contributed by atoms with Crippen molar-refractivity contribution in [2.24, 2.45) is 0 Å². The molecule has 3 aromatic carbocycles. The highest BCUT2D eigenvalue weighted by Gasteiger charge is 2.45. The van der Waals surface area contributed by atoms with Crippen molar-refractivity contribution in [2.45, 2.75) is 26.3 Å². The number of hydrogen-bond acceptors (Lipinski definition) is 6. The standard InChI is InChI=1S/C28H21FN2O4S/c1-3-11-34-18-6-4-5-16(13-18)24-23-25(32)19-12-15(2)7-10-21(19)35-26(23)27(33)31(24)28-30-20-9-8-17(29)14-22(20)36-28/h4-10,12-14,24H,3,11H2,1-2H3. The molecule has 2 aromatic heterocycles. The van der Waals surface area contributed by atoms with Gasteiger partial charge in [-0.15, -0.1) is 0 Å². The summed E-state index contributed by atoms with van der Waals surface area (Å²) in [6.45, 7) is 4.46. The average Bonchev–Trinajstić information content (AvgIpc) is 3.41. The number of halogens is 1. The first kappa shape index (κ1) is 22.4. The summed E-state index contributed by atoms with van der Waals surface area (Å²) >= 11 is 1.19. The van der Waals surface area contributed by atoms with E-state index in [2.05, 4.69) is 4.98 Å². The van der Waals surface area contributed by atoms with Crippen LogP contribution < -0.4 is 15.1 Å². The molecule has 180 valence electrons.